The van der Waals surface area contributed by atoms with Crippen LogP contribution in [-0.4, -0.2) is 41.5 Å². The summed E-state index contributed by atoms with van der Waals surface area (Å²) in [4.78, 5) is 16.3. The van der Waals surface area contributed by atoms with Crippen LogP contribution in [0.2, 0.25) is 0 Å². The fourth-order valence-electron chi connectivity index (χ4n) is 2.39. The summed E-state index contributed by atoms with van der Waals surface area (Å²) < 4.78 is 10.4. The summed E-state index contributed by atoms with van der Waals surface area (Å²) in [6.45, 7) is 0. The molecule has 0 saturated carbocycles. The van der Waals surface area contributed by atoms with Gasteiger partial charge in [-0.15, -0.1) is 0 Å². The van der Waals surface area contributed by atoms with Gasteiger partial charge in [-0.05, 0) is 23.8 Å². The zero-order valence-electron chi connectivity index (χ0n) is 15.0. The molecular weight excluding hydrogens is 346 g/mol. The number of amides is 1. The molecule has 0 unspecified atom stereocenters. The van der Waals surface area contributed by atoms with Crippen molar-refractivity contribution in [3.8, 4) is 22.9 Å². The van der Waals surface area contributed by atoms with E-state index in [0.29, 0.717) is 23.1 Å². The van der Waals surface area contributed by atoms with E-state index in [1.807, 2.05) is 30.3 Å². The summed E-state index contributed by atoms with van der Waals surface area (Å²) in [7, 11) is 3.13. The number of ether oxygens (including phenoxy) is 2. The number of rotatable bonds is 7. The van der Waals surface area contributed by atoms with Gasteiger partial charge in [0.2, 0.25) is 5.91 Å². The van der Waals surface area contributed by atoms with Crippen molar-refractivity contribution in [2.75, 3.05) is 14.2 Å². The number of hydrogen-bond acceptors (Lipinski definition) is 6. The molecule has 1 aromatic heterocycles. The van der Waals surface area contributed by atoms with Crippen LogP contribution in [0, 0.1) is 0 Å². The lowest BCUT2D eigenvalue weighted by atomic mass is 10.2. The largest absolute Gasteiger partial charge is 0.493 e. The van der Waals surface area contributed by atoms with Crippen molar-refractivity contribution in [3.05, 3.63) is 59.9 Å². The van der Waals surface area contributed by atoms with E-state index in [-0.39, 0.29) is 12.3 Å². The van der Waals surface area contributed by atoms with E-state index < -0.39 is 0 Å². The van der Waals surface area contributed by atoms with Crippen LogP contribution in [-0.2, 0) is 11.2 Å². The van der Waals surface area contributed by atoms with Crippen molar-refractivity contribution in [2.45, 2.75) is 6.42 Å². The van der Waals surface area contributed by atoms with Crippen LogP contribution >= 0.6 is 0 Å². The standard InChI is InChI=1S/C19H19N5O3/c1-26-15-9-8-13(10-16(15)27-2)12-20-23-18(25)11-17-21-19(24-22-17)14-6-4-3-5-7-14/h3-10,12H,11H2,1-2H3,(H,23,25)(H,21,22,24)/b20-12-. The van der Waals surface area contributed by atoms with Crippen LogP contribution < -0.4 is 14.9 Å². The van der Waals surface area contributed by atoms with Crippen molar-refractivity contribution in [3.63, 3.8) is 0 Å². The number of hydrogen-bond donors (Lipinski definition) is 2. The Morgan fingerprint density at radius 2 is 1.93 bits per heavy atom. The average Bonchev–Trinajstić information content (AvgIpc) is 3.17. The highest BCUT2D eigenvalue weighted by Gasteiger charge is 2.09. The summed E-state index contributed by atoms with van der Waals surface area (Å²) in [5.74, 6) is 1.92. The third-order valence-corrected chi connectivity index (χ3v) is 3.70. The predicted octanol–water partition coefficient (Wildman–Crippen LogP) is 2.18. The molecule has 8 nitrogen and oxygen atoms in total. The number of H-pyrrole nitrogens is 1. The number of hydrazone groups is 1. The van der Waals surface area contributed by atoms with Crippen LogP contribution in [0.4, 0.5) is 0 Å². The highest BCUT2D eigenvalue weighted by molar-refractivity contribution is 5.83. The molecule has 0 aliphatic carbocycles. The van der Waals surface area contributed by atoms with Crippen molar-refractivity contribution < 1.29 is 14.3 Å². The van der Waals surface area contributed by atoms with Crippen LogP contribution in [0.5, 0.6) is 11.5 Å². The zero-order chi connectivity index (χ0) is 19.1. The van der Waals surface area contributed by atoms with Crippen LogP contribution in [0.15, 0.2) is 53.6 Å². The fraction of sp³-hybridized carbons (Fsp3) is 0.158. The van der Waals surface area contributed by atoms with Gasteiger partial charge in [-0.25, -0.2) is 10.4 Å². The van der Waals surface area contributed by atoms with Gasteiger partial charge in [-0.3, -0.25) is 9.89 Å². The average molecular weight is 365 g/mol. The lowest BCUT2D eigenvalue weighted by Crippen LogP contribution is -2.20. The second-order valence-corrected chi connectivity index (χ2v) is 5.56. The molecular formula is C19H19N5O3. The molecule has 0 atom stereocenters. The maximum Gasteiger partial charge on any atom is 0.247 e. The lowest BCUT2D eigenvalue weighted by Gasteiger charge is -2.07. The number of carbonyl (C=O) groups is 1. The maximum atomic E-state index is 12.0. The predicted molar refractivity (Wildman–Crippen MR) is 101 cm³/mol. The van der Waals surface area contributed by atoms with E-state index in [1.54, 1.807) is 32.4 Å². The van der Waals surface area contributed by atoms with E-state index in [1.165, 1.54) is 6.21 Å². The molecule has 0 radical (unpaired) electrons. The number of methoxy groups -OCH3 is 2. The summed E-state index contributed by atoms with van der Waals surface area (Å²) >= 11 is 0. The van der Waals surface area contributed by atoms with Gasteiger partial charge in [0.25, 0.3) is 0 Å². The van der Waals surface area contributed by atoms with Crippen LogP contribution in [0.1, 0.15) is 11.4 Å². The Kier molecular flexibility index (Phi) is 5.78. The van der Waals surface area contributed by atoms with Gasteiger partial charge in [0, 0.05) is 5.56 Å². The second-order valence-electron chi connectivity index (χ2n) is 5.56. The Bertz CT molecular complexity index is 938. The number of nitrogens with zero attached hydrogens (tertiary/aromatic N) is 3. The van der Waals surface area contributed by atoms with Crippen molar-refractivity contribution >= 4 is 12.1 Å². The number of aromatic amines is 1. The van der Waals surface area contributed by atoms with Crippen LogP contribution in [0.3, 0.4) is 0 Å². The molecule has 2 aromatic carbocycles. The van der Waals surface area contributed by atoms with Gasteiger partial charge in [0.15, 0.2) is 17.3 Å². The molecule has 27 heavy (non-hydrogen) atoms. The minimum Gasteiger partial charge on any atom is -0.493 e. The zero-order valence-corrected chi connectivity index (χ0v) is 15.0. The first kappa shape index (κ1) is 18.1. The van der Waals surface area contributed by atoms with Gasteiger partial charge in [0.1, 0.15) is 5.82 Å². The van der Waals surface area contributed by atoms with E-state index >= 15 is 0 Å². The van der Waals surface area contributed by atoms with E-state index in [2.05, 4.69) is 25.7 Å². The molecule has 0 fully saturated rings. The molecule has 138 valence electrons. The molecule has 3 aromatic rings. The van der Waals surface area contributed by atoms with Gasteiger partial charge >= 0.3 is 0 Å². The highest BCUT2D eigenvalue weighted by atomic mass is 16.5. The summed E-state index contributed by atoms with van der Waals surface area (Å²) in [5, 5.41) is 10.8. The maximum absolute atomic E-state index is 12.0. The van der Waals surface area contributed by atoms with Gasteiger partial charge in [-0.2, -0.15) is 10.2 Å². The van der Waals surface area contributed by atoms with Crippen LogP contribution in [0.25, 0.3) is 11.4 Å². The molecule has 1 amide bonds. The molecule has 0 spiro atoms. The van der Waals surface area contributed by atoms with E-state index in [9.17, 15) is 4.79 Å². The number of carbonyl (C=O) groups excluding carboxylic acids is 1. The first-order valence-corrected chi connectivity index (χ1v) is 8.20. The first-order valence-electron chi connectivity index (χ1n) is 8.20. The molecule has 8 heteroatoms. The molecule has 0 bridgehead atoms. The van der Waals surface area contributed by atoms with Gasteiger partial charge < -0.3 is 9.47 Å². The number of nitrogens with one attached hydrogen (secondary N) is 2. The lowest BCUT2D eigenvalue weighted by molar-refractivity contribution is -0.120. The number of aromatic nitrogens is 3. The quantitative estimate of drug-likeness (QED) is 0.494. The molecule has 0 aliphatic rings. The number of benzene rings is 2. The second kappa shape index (κ2) is 8.61. The molecule has 3 rings (SSSR count). The Hall–Kier alpha value is -3.68. The Balaban J connectivity index is 1.57. The Morgan fingerprint density at radius 3 is 2.67 bits per heavy atom. The van der Waals surface area contributed by atoms with E-state index in [4.69, 9.17) is 9.47 Å². The van der Waals surface area contributed by atoms with E-state index in [0.717, 1.165) is 11.1 Å². The van der Waals surface area contributed by atoms with Crippen molar-refractivity contribution in [2.24, 2.45) is 5.10 Å². The molecule has 0 saturated heterocycles. The summed E-state index contributed by atoms with van der Waals surface area (Å²) in [5.41, 5.74) is 4.11. The summed E-state index contributed by atoms with van der Waals surface area (Å²) in [6, 6.07) is 14.9. The molecule has 1 heterocycles. The molecule has 0 aliphatic heterocycles. The fourth-order valence-corrected chi connectivity index (χ4v) is 2.39. The highest BCUT2D eigenvalue weighted by Crippen LogP contribution is 2.26. The third-order valence-electron chi connectivity index (χ3n) is 3.70. The van der Waals surface area contributed by atoms with Gasteiger partial charge in [-0.1, -0.05) is 30.3 Å². The topological polar surface area (TPSA) is 101 Å². The first-order chi connectivity index (χ1) is 13.2. The van der Waals surface area contributed by atoms with Crippen molar-refractivity contribution in [1.29, 1.82) is 0 Å². The minimum absolute atomic E-state index is 0.0447. The summed E-state index contributed by atoms with van der Waals surface area (Å²) in [6.07, 6.45) is 1.57. The minimum atomic E-state index is -0.303. The smallest absolute Gasteiger partial charge is 0.247 e. The molecule has 2 N–H and O–H groups in total. The third kappa shape index (κ3) is 4.69. The van der Waals surface area contributed by atoms with Gasteiger partial charge in [0.05, 0.1) is 26.9 Å². The Labute approximate surface area is 156 Å². The SMILES string of the molecule is COc1ccc(/C=N\NC(=O)Cc2nc(-c3ccccc3)n[nH]2)cc1OC. The normalized spacial score (nSPS) is 10.7. The van der Waals surface area contributed by atoms with Crippen molar-refractivity contribution in [1.82, 2.24) is 20.6 Å². The Morgan fingerprint density at radius 1 is 1.15 bits per heavy atom. The monoisotopic (exact) mass is 365 g/mol.